The van der Waals surface area contributed by atoms with Gasteiger partial charge in [0, 0.05) is 19.0 Å². The Morgan fingerprint density at radius 2 is 1.46 bits per heavy atom. The number of hydrogen-bond donors (Lipinski definition) is 0. The second-order valence-corrected chi connectivity index (χ2v) is 11.3. The van der Waals surface area contributed by atoms with Crippen molar-refractivity contribution in [2.24, 2.45) is 5.92 Å². The van der Waals surface area contributed by atoms with Crippen LogP contribution in [0.15, 0.2) is 66.7 Å². The van der Waals surface area contributed by atoms with Gasteiger partial charge in [-0.2, -0.15) is 0 Å². The van der Waals surface area contributed by atoms with Crippen LogP contribution in [0.4, 0.5) is 14.5 Å². The largest absolute Gasteiger partial charge is 0.311 e. The molecule has 0 N–H and O–H groups in total. The zero-order valence-corrected chi connectivity index (χ0v) is 22.9. The Morgan fingerprint density at radius 1 is 0.805 bits per heavy atom. The molecule has 41 heavy (non-hydrogen) atoms. The number of halogens is 2. The number of nitrogens with zero attached hydrogens (tertiary/aromatic N) is 3. The average molecular weight is 558 g/mol. The number of anilines is 1. The summed E-state index contributed by atoms with van der Waals surface area (Å²) >= 11 is 0. The Hall–Kier alpha value is -3.91. The fourth-order valence-electron chi connectivity index (χ4n) is 6.54. The zero-order valence-electron chi connectivity index (χ0n) is 22.9. The Balaban J connectivity index is 1.06. The van der Waals surface area contributed by atoms with Crippen molar-refractivity contribution >= 4 is 23.4 Å². The minimum Gasteiger partial charge on any atom is -0.311 e. The fourth-order valence-corrected chi connectivity index (χ4v) is 6.54. The lowest BCUT2D eigenvalue weighted by Crippen LogP contribution is -2.44. The third-order valence-corrected chi connectivity index (χ3v) is 8.81. The first-order chi connectivity index (χ1) is 19.9. The minimum absolute atomic E-state index is 0.0399. The van der Waals surface area contributed by atoms with Crippen LogP contribution in [-0.4, -0.2) is 60.2 Å². The van der Waals surface area contributed by atoms with E-state index < -0.39 is 0 Å². The van der Waals surface area contributed by atoms with Gasteiger partial charge in [0.2, 0.25) is 5.91 Å². The average Bonchev–Trinajstić information content (AvgIpc) is 3.10. The molecule has 3 aromatic carbocycles. The van der Waals surface area contributed by atoms with Gasteiger partial charge in [-0.15, -0.1) is 0 Å². The molecule has 6 rings (SSSR count). The Bertz CT molecular complexity index is 1430. The van der Waals surface area contributed by atoms with E-state index in [1.807, 2.05) is 0 Å². The maximum Gasteiger partial charge on any atom is 0.261 e. The third kappa shape index (κ3) is 5.53. The quantitative estimate of drug-likeness (QED) is 0.369. The molecule has 3 aliphatic rings. The van der Waals surface area contributed by atoms with Crippen LogP contribution >= 0.6 is 0 Å². The van der Waals surface area contributed by atoms with Crippen molar-refractivity contribution in [3.05, 3.63) is 101 Å². The highest BCUT2D eigenvalue weighted by molar-refractivity contribution is 6.21. The van der Waals surface area contributed by atoms with Gasteiger partial charge in [-0.1, -0.05) is 30.3 Å². The molecule has 3 amide bonds. The summed E-state index contributed by atoms with van der Waals surface area (Å²) in [6, 6.07) is 18.0. The summed E-state index contributed by atoms with van der Waals surface area (Å²) in [5.41, 5.74) is 3.39. The lowest BCUT2D eigenvalue weighted by atomic mass is 9.87. The highest BCUT2D eigenvalue weighted by atomic mass is 19.1. The highest BCUT2D eigenvalue weighted by Crippen LogP contribution is 2.39. The molecule has 0 aromatic heterocycles. The van der Waals surface area contributed by atoms with Gasteiger partial charge in [0.15, 0.2) is 0 Å². The molecule has 3 aliphatic heterocycles. The number of benzene rings is 3. The van der Waals surface area contributed by atoms with Crippen LogP contribution in [0, 0.1) is 17.6 Å². The van der Waals surface area contributed by atoms with E-state index in [2.05, 4.69) is 4.90 Å². The topological polar surface area (TPSA) is 60.9 Å². The Kier molecular flexibility index (Phi) is 7.67. The highest BCUT2D eigenvalue weighted by Gasteiger charge is 2.35. The molecule has 8 heteroatoms. The van der Waals surface area contributed by atoms with Crippen molar-refractivity contribution in [1.82, 2.24) is 9.80 Å². The number of likely N-dealkylation sites (tertiary alicyclic amines) is 1. The number of fused-ring (bicyclic) bond motifs is 2. The summed E-state index contributed by atoms with van der Waals surface area (Å²) in [7, 11) is 0. The van der Waals surface area contributed by atoms with E-state index in [9.17, 15) is 23.2 Å². The van der Waals surface area contributed by atoms with Gasteiger partial charge in [-0.25, -0.2) is 8.78 Å². The molecule has 1 fully saturated rings. The number of hydrogen-bond acceptors (Lipinski definition) is 4. The molecule has 0 spiro atoms. The molecule has 6 nitrogen and oxygen atoms in total. The molecule has 0 bridgehead atoms. The van der Waals surface area contributed by atoms with Gasteiger partial charge < -0.3 is 4.90 Å². The molecule has 3 heterocycles. The SMILES string of the molecule is O=C1c2ccccc2C(=O)N1CCC1CCN(CC(=O)N2CCCC(c3ccc(F)cc3)c3ccc(F)cc32)CC1. The molecule has 0 aliphatic carbocycles. The standard InChI is InChI=1S/C33H33F2N3O3/c34-24-9-7-23(8-10-24)26-6-3-16-37(30-20-25(35)11-12-27(26)30)31(39)21-36-17-13-22(14-18-36)15-19-38-32(40)28-4-1-2-5-29(28)33(38)41/h1-2,4-5,7-12,20,22,26H,3,6,13-19,21H2. The van der Waals surface area contributed by atoms with Gasteiger partial charge in [0.05, 0.1) is 23.4 Å². The maximum absolute atomic E-state index is 14.4. The van der Waals surface area contributed by atoms with E-state index in [0.717, 1.165) is 56.3 Å². The van der Waals surface area contributed by atoms with Gasteiger partial charge in [-0.3, -0.25) is 24.2 Å². The van der Waals surface area contributed by atoms with Crippen LogP contribution < -0.4 is 4.90 Å². The summed E-state index contributed by atoms with van der Waals surface area (Å²) in [6.45, 7) is 2.66. The van der Waals surface area contributed by atoms with E-state index in [1.54, 1.807) is 47.4 Å². The van der Waals surface area contributed by atoms with Gasteiger partial charge in [0.1, 0.15) is 11.6 Å². The monoisotopic (exact) mass is 557 g/mol. The van der Waals surface area contributed by atoms with Crippen molar-refractivity contribution in [2.75, 3.05) is 37.6 Å². The van der Waals surface area contributed by atoms with Crippen LogP contribution in [0.25, 0.3) is 0 Å². The molecular formula is C33H33F2N3O3. The van der Waals surface area contributed by atoms with Crippen molar-refractivity contribution in [3.63, 3.8) is 0 Å². The van der Waals surface area contributed by atoms with Gasteiger partial charge in [0.25, 0.3) is 11.8 Å². The normalized spacial score (nSPS) is 19.7. The van der Waals surface area contributed by atoms with Crippen LogP contribution in [0.3, 0.4) is 0 Å². The van der Waals surface area contributed by atoms with Gasteiger partial charge >= 0.3 is 0 Å². The first kappa shape index (κ1) is 27.3. The molecule has 1 unspecified atom stereocenters. The molecule has 3 aromatic rings. The van der Waals surface area contributed by atoms with Crippen LogP contribution in [0.2, 0.25) is 0 Å². The summed E-state index contributed by atoms with van der Waals surface area (Å²) in [5, 5.41) is 0. The summed E-state index contributed by atoms with van der Waals surface area (Å²) < 4.78 is 28.0. The summed E-state index contributed by atoms with van der Waals surface area (Å²) in [6.07, 6.45) is 4.05. The van der Waals surface area contributed by atoms with E-state index in [4.69, 9.17) is 0 Å². The van der Waals surface area contributed by atoms with Crippen molar-refractivity contribution in [1.29, 1.82) is 0 Å². The maximum atomic E-state index is 14.4. The number of rotatable bonds is 6. The first-order valence-corrected chi connectivity index (χ1v) is 14.4. The number of imide groups is 1. The van der Waals surface area contributed by atoms with Gasteiger partial charge in [-0.05, 0) is 98.6 Å². The molecular weight excluding hydrogens is 524 g/mol. The number of carbonyl (C=O) groups excluding carboxylic acids is 3. The lowest BCUT2D eigenvalue weighted by Gasteiger charge is -2.33. The third-order valence-electron chi connectivity index (χ3n) is 8.81. The van der Waals surface area contributed by atoms with Crippen molar-refractivity contribution in [3.8, 4) is 0 Å². The van der Waals surface area contributed by atoms with E-state index in [-0.39, 0.29) is 41.8 Å². The molecule has 0 radical (unpaired) electrons. The van der Waals surface area contributed by atoms with Crippen molar-refractivity contribution in [2.45, 2.75) is 38.0 Å². The minimum atomic E-state index is -0.389. The Morgan fingerprint density at radius 3 is 2.15 bits per heavy atom. The number of piperidine rings is 1. The molecule has 1 saturated heterocycles. The second kappa shape index (κ2) is 11.5. The van der Waals surface area contributed by atoms with Crippen LogP contribution in [0.5, 0.6) is 0 Å². The first-order valence-electron chi connectivity index (χ1n) is 14.4. The van der Waals surface area contributed by atoms with Crippen LogP contribution in [-0.2, 0) is 4.79 Å². The molecule has 0 saturated carbocycles. The fraction of sp³-hybridized carbons (Fsp3) is 0.364. The Labute approximate surface area is 238 Å². The predicted molar refractivity (Wildman–Crippen MR) is 152 cm³/mol. The summed E-state index contributed by atoms with van der Waals surface area (Å²) in [5.74, 6) is -0.849. The van der Waals surface area contributed by atoms with Crippen LogP contribution in [0.1, 0.15) is 69.9 Å². The van der Waals surface area contributed by atoms with E-state index in [0.29, 0.717) is 35.8 Å². The summed E-state index contributed by atoms with van der Waals surface area (Å²) in [4.78, 5) is 44.1. The predicted octanol–water partition coefficient (Wildman–Crippen LogP) is 5.62. The smallest absolute Gasteiger partial charge is 0.261 e. The molecule has 212 valence electrons. The van der Waals surface area contributed by atoms with E-state index in [1.165, 1.54) is 29.2 Å². The number of carbonyl (C=O) groups is 3. The number of amides is 3. The lowest BCUT2D eigenvalue weighted by molar-refractivity contribution is -0.120. The zero-order chi connectivity index (χ0) is 28.5. The second-order valence-electron chi connectivity index (χ2n) is 11.3. The molecule has 1 atom stereocenters. The van der Waals surface area contributed by atoms with Crippen molar-refractivity contribution < 1.29 is 23.2 Å². The van der Waals surface area contributed by atoms with E-state index >= 15 is 0 Å².